The fourth-order valence-electron chi connectivity index (χ4n) is 2.52. The predicted octanol–water partition coefficient (Wildman–Crippen LogP) is 1.58. The first-order valence-corrected chi connectivity index (χ1v) is 7.15. The summed E-state index contributed by atoms with van der Waals surface area (Å²) in [6, 6.07) is 3.26. The Kier molecular flexibility index (Phi) is 4.47. The first-order chi connectivity index (χ1) is 9.52. The third-order valence-electron chi connectivity index (χ3n) is 4.00. The molecule has 0 saturated carbocycles. The highest BCUT2D eigenvalue weighted by atomic mass is 16.3. The van der Waals surface area contributed by atoms with Crippen LogP contribution in [0.25, 0.3) is 0 Å². The molecular formula is C15H22N2O3. The highest BCUT2D eigenvalue weighted by Crippen LogP contribution is 2.18. The molecule has 1 aliphatic heterocycles. The Morgan fingerprint density at radius 3 is 2.80 bits per heavy atom. The number of piperazine rings is 1. The molecule has 3 unspecified atom stereocenters. The molecule has 1 aromatic rings. The van der Waals surface area contributed by atoms with Gasteiger partial charge in [-0.15, -0.1) is 0 Å². The van der Waals surface area contributed by atoms with Crippen molar-refractivity contribution in [3.8, 4) is 0 Å². The molecule has 2 rings (SSSR count). The van der Waals surface area contributed by atoms with Gasteiger partial charge in [0.05, 0.1) is 12.8 Å². The zero-order chi connectivity index (χ0) is 14.7. The molecule has 2 heterocycles. The first kappa shape index (κ1) is 14.6. The molecule has 0 radical (unpaired) electrons. The molecule has 5 nitrogen and oxygen atoms in total. The van der Waals surface area contributed by atoms with Crippen molar-refractivity contribution in [2.75, 3.05) is 6.54 Å². The standard InChI is InChI=1S/C15H22N2O3/c1-4-10(2)14-15(19)17(9-13(18)16-14)11(3)8-12-6-5-7-20-12/h5-7,10-11,14H,4,8-9H2,1-3H3,(H,16,18). The van der Waals surface area contributed by atoms with E-state index in [4.69, 9.17) is 4.42 Å². The maximum atomic E-state index is 12.5. The van der Waals surface area contributed by atoms with Crippen molar-refractivity contribution in [3.63, 3.8) is 0 Å². The van der Waals surface area contributed by atoms with Crippen molar-refractivity contribution in [2.45, 2.75) is 45.7 Å². The van der Waals surface area contributed by atoms with Crippen LogP contribution in [-0.2, 0) is 16.0 Å². The molecular weight excluding hydrogens is 256 g/mol. The van der Waals surface area contributed by atoms with E-state index in [1.165, 1.54) is 0 Å². The number of nitrogens with one attached hydrogen (secondary N) is 1. The number of nitrogens with zero attached hydrogens (tertiary/aromatic N) is 1. The maximum Gasteiger partial charge on any atom is 0.246 e. The van der Waals surface area contributed by atoms with Crippen molar-refractivity contribution < 1.29 is 14.0 Å². The lowest BCUT2D eigenvalue weighted by molar-refractivity contribution is -0.147. The van der Waals surface area contributed by atoms with E-state index in [2.05, 4.69) is 5.32 Å². The molecule has 5 heteroatoms. The molecule has 1 saturated heterocycles. The fourth-order valence-corrected chi connectivity index (χ4v) is 2.52. The summed E-state index contributed by atoms with van der Waals surface area (Å²) < 4.78 is 5.31. The van der Waals surface area contributed by atoms with Gasteiger partial charge in [0.15, 0.2) is 0 Å². The second kappa shape index (κ2) is 6.11. The van der Waals surface area contributed by atoms with E-state index in [9.17, 15) is 9.59 Å². The molecule has 0 bridgehead atoms. The summed E-state index contributed by atoms with van der Waals surface area (Å²) in [5.41, 5.74) is 0. The van der Waals surface area contributed by atoms with E-state index in [1.807, 2.05) is 32.9 Å². The van der Waals surface area contributed by atoms with Crippen LogP contribution in [0, 0.1) is 5.92 Å². The van der Waals surface area contributed by atoms with E-state index >= 15 is 0 Å². The van der Waals surface area contributed by atoms with Gasteiger partial charge in [0, 0.05) is 12.5 Å². The number of carbonyl (C=O) groups is 2. The van der Waals surface area contributed by atoms with Gasteiger partial charge in [-0.25, -0.2) is 0 Å². The third-order valence-corrected chi connectivity index (χ3v) is 4.00. The Balaban J connectivity index is 2.09. The predicted molar refractivity (Wildman–Crippen MR) is 75.0 cm³/mol. The molecule has 1 aromatic heterocycles. The molecule has 0 spiro atoms. The van der Waals surface area contributed by atoms with Gasteiger partial charge in [0.2, 0.25) is 11.8 Å². The van der Waals surface area contributed by atoms with Gasteiger partial charge in [0.25, 0.3) is 0 Å². The summed E-state index contributed by atoms with van der Waals surface area (Å²) in [5.74, 6) is 0.903. The molecule has 0 aliphatic carbocycles. The monoisotopic (exact) mass is 278 g/mol. The van der Waals surface area contributed by atoms with Crippen LogP contribution in [0.3, 0.4) is 0 Å². The average molecular weight is 278 g/mol. The summed E-state index contributed by atoms with van der Waals surface area (Å²) >= 11 is 0. The van der Waals surface area contributed by atoms with Crippen LogP contribution in [0.5, 0.6) is 0 Å². The van der Waals surface area contributed by atoms with Gasteiger partial charge in [-0.3, -0.25) is 9.59 Å². The Morgan fingerprint density at radius 2 is 2.20 bits per heavy atom. The largest absolute Gasteiger partial charge is 0.469 e. The van der Waals surface area contributed by atoms with E-state index < -0.39 is 6.04 Å². The minimum absolute atomic E-state index is 0.0120. The Bertz CT molecular complexity index is 469. The second-order valence-electron chi connectivity index (χ2n) is 5.53. The molecule has 2 amide bonds. The van der Waals surface area contributed by atoms with E-state index in [1.54, 1.807) is 11.2 Å². The van der Waals surface area contributed by atoms with E-state index in [0.29, 0.717) is 6.42 Å². The third kappa shape index (κ3) is 3.03. The van der Waals surface area contributed by atoms with Crippen molar-refractivity contribution in [1.82, 2.24) is 10.2 Å². The minimum atomic E-state index is -0.402. The quantitative estimate of drug-likeness (QED) is 0.889. The Labute approximate surface area is 119 Å². The topological polar surface area (TPSA) is 62.6 Å². The smallest absolute Gasteiger partial charge is 0.246 e. The van der Waals surface area contributed by atoms with Gasteiger partial charge < -0.3 is 14.6 Å². The fraction of sp³-hybridized carbons (Fsp3) is 0.600. The molecule has 3 atom stereocenters. The summed E-state index contributed by atoms with van der Waals surface area (Å²) in [7, 11) is 0. The summed E-state index contributed by atoms with van der Waals surface area (Å²) in [6.07, 6.45) is 3.10. The van der Waals surface area contributed by atoms with Crippen LogP contribution in [0.4, 0.5) is 0 Å². The van der Waals surface area contributed by atoms with Crippen LogP contribution in [0.15, 0.2) is 22.8 Å². The number of amides is 2. The highest BCUT2D eigenvalue weighted by molar-refractivity contribution is 5.95. The first-order valence-electron chi connectivity index (χ1n) is 7.15. The molecule has 0 aromatic carbocycles. The number of rotatable bonds is 5. The van der Waals surface area contributed by atoms with Crippen LogP contribution in [0.1, 0.15) is 33.0 Å². The van der Waals surface area contributed by atoms with Gasteiger partial charge in [-0.05, 0) is 25.0 Å². The summed E-state index contributed by atoms with van der Waals surface area (Å²) in [5, 5.41) is 2.81. The number of carbonyl (C=O) groups excluding carboxylic acids is 2. The normalized spacial score (nSPS) is 22.6. The molecule has 1 aliphatic rings. The Hall–Kier alpha value is -1.78. The minimum Gasteiger partial charge on any atom is -0.469 e. The molecule has 110 valence electrons. The summed E-state index contributed by atoms with van der Waals surface area (Å²) in [6.45, 7) is 6.10. The molecule has 1 N–H and O–H groups in total. The van der Waals surface area contributed by atoms with Crippen LogP contribution < -0.4 is 5.32 Å². The lowest BCUT2D eigenvalue weighted by Gasteiger charge is -2.38. The van der Waals surface area contributed by atoms with Crippen LogP contribution >= 0.6 is 0 Å². The lowest BCUT2D eigenvalue weighted by Crippen LogP contribution is -2.62. The van der Waals surface area contributed by atoms with Gasteiger partial charge in [-0.2, -0.15) is 0 Å². The van der Waals surface area contributed by atoms with Crippen molar-refractivity contribution in [2.24, 2.45) is 5.92 Å². The lowest BCUT2D eigenvalue weighted by atomic mass is 9.95. The van der Waals surface area contributed by atoms with E-state index in [0.717, 1.165) is 12.2 Å². The molecule has 1 fully saturated rings. The number of hydrogen-bond acceptors (Lipinski definition) is 3. The number of furan rings is 1. The average Bonchev–Trinajstić information content (AvgIpc) is 2.92. The maximum absolute atomic E-state index is 12.5. The van der Waals surface area contributed by atoms with Crippen molar-refractivity contribution >= 4 is 11.8 Å². The highest BCUT2D eigenvalue weighted by Gasteiger charge is 2.37. The van der Waals surface area contributed by atoms with Crippen LogP contribution in [-0.4, -0.2) is 35.3 Å². The van der Waals surface area contributed by atoms with Crippen molar-refractivity contribution in [3.05, 3.63) is 24.2 Å². The van der Waals surface area contributed by atoms with Gasteiger partial charge >= 0.3 is 0 Å². The van der Waals surface area contributed by atoms with E-state index in [-0.39, 0.29) is 30.3 Å². The molecule has 20 heavy (non-hydrogen) atoms. The Morgan fingerprint density at radius 1 is 1.45 bits per heavy atom. The summed E-state index contributed by atoms with van der Waals surface area (Å²) in [4.78, 5) is 26.0. The zero-order valence-electron chi connectivity index (χ0n) is 12.3. The van der Waals surface area contributed by atoms with Crippen LogP contribution in [0.2, 0.25) is 0 Å². The zero-order valence-corrected chi connectivity index (χ0v) is 12.3. The second-order valence-corrected chi connectivity index (χ2v) is 5.53. The van der Waals surface area contributed by atoms with Gasteiger partial charge in [0.1, 0.15) is 11.8 Å². The van der Waals surface area contributed by atoms with Gasteiger partial charge in [-0.1, -0.05) is 20.3 Å². The number of hydrogen-bond donors (Lipinski definition) is 1. The SMILES string of the molecule is CCC(C)C1NC(=O)CN(C(C)Cc2ccco2)C1=O. The van der Waals surface area contributed by atoms with Crippen molar-refractivity contribution in [1.29, 1.82) is 0 Å².